The van der Waals surface area contributed by atoms with Crippen molar-refractivity contribution < 1.29 is 17.4 Å². The van der Waals surface area contributed by atoms with E-state index in [-0.39, 0.29) is 11.8 Å². The molecule has 0 fully saturated rings. The van der Waals surface area contributed by atoms with Gasteiger partial charge in [-0.3, -0.25) is 0 Å². The quantitative estimate of drug-likeness (QED) is 0.628. The van der Waals surface area contributed by atoms with Gasteiger partial charge in [-0.1, -0.05) is 44.5 Å². The molecule has 152 valence electrons. The SMILES string of the molecule is CCCCN(Cc1ccc(OS(C)(=O)=O)cc1)C(=O)Nc1cccc(CC)c1. The van der Waals surface area contributed by atoms with E-state index >= 15 is 0 Å². The molecule has 0 aliphatic heterocycles. The van der Waals surface area contributed by atoms with Crippen LogP contribution in [0, 0.1) is 0 Å². The van der Waals surface area contributed by atoms with Crippen molar-refractivity contribution in [1.82, 2.24) is 4.90 Å². The van der Waals surface area contributed by atoms with Crippen LogP contribution in [0.4, 0.5) is 10.5 Å². The van der Waals surface area contributed by atoms with Crippen molar-refractivity contribution >= 4 is 21.8 Å². The Morgan fingerprint density at radius 2 is 1.79 bits per heavy atom. The number of carbonyl (C=O) groups is 1. The Morgan fingerprint density at radius 1 is 1.07 bits per heavy atom. The Labute approximate surface area is 167 Å². The van der Waals surface area contributed by atoms with E-state index in [2.05, 4.69) is 19.2 Å². The van der Waals surface area contributed by atoms with Crippen LogP contribution < -0.4 is 9.50 Å². The van der Waals surface area contributed by atoms with E-state index < -0.39 is 10.1 Å². The second-order valence-electron chi connectivity index (χ2n) is 6.69. The zero-order chi connectivity index (χ0) is 20.6. The minimum atomic E-state index is -3.55. The lowest BCUT2D eigenvalue weighted by Crippen LogP contribution is -2.35. The van der Waals surface area contributed by atoms with Gasteiger partial charge in [0.1, 0.15) is 5.75 Å². The second-order valence-corrected chi connectivity index (χ2v) is 8.27. The Morgan fingerprint density at radius 3 is 2.39 bits per heavy atom. The molecule has 0 aromatic heterocycles. The number of unbranched alkanes of at least 4 members (excludes halogenated alkanes) is 1. The topological polar surface area (TPSA) is 75.7 Å². The van der Waals surface area contributed by atoms with E-state index in [4.69, 9.17) is 4.18 Å². The average Bonchev–Trinajstić information content (AvgIpc) is 2.65. The number of aryl methyl sites for hydroxylation is 1. The molecular formula is C21H28N2O4S. The Kier molecular flexibility index (Phi) is 7.87. The first-order valence-electron chi connectivity index (χ1n) is 9.44. The van der Waals surface area contributed by atoms with Crippen molar-refractivity contribution in [1.29, 1.82) is 0 Å². The largest absolute Gasteiger partial charge is 0.383 e. The number of benzene rings is 2. The summed E-state index contributed by atoms with van der Waals surface area (Å²) in [6.07, 6.45) is 3.80. The van der Waals surface area contributed by atoms with Gasteiger partial charge in [-0.2, -0.15) is 8.42 Å². The third-order valence-corrected chi connectivity index (χ3v) is 4.69. The van der Waals surface area contributed by atoms with Gasteiger partial charge in [0.2, 0.25) is 0 Å². The predicted octanol–water partition coefficient (Wildman–Crippen LogP) is 4.42. The Bertz CT molecular complexity index is 880. The first kappa shape index (κ1) is 21.8. The molecule has 2 aromatic rings. The summed E-state index contributed by atoms with van der Waals surface area (Å²) in [5.74, 6) is 0.257. The van der Waals surface area contributed by atoms with Crippen molar-refractivity contribution in [3.05, 3.63) is 59.7 Å². The molecule has 0 radical (unpaired) electrons. The van der Waals surface area contributed by atoms with Crippen LogP contribution in [-0.4, -0.2) is 32.1 Å². The van der Waals surface area contributed by atoms with Gasteiger partial charge >= 0.3 is 16.1 Å². The third kappa shape index (κ3) is 7.23. The van der Waals surface area contributed by atoms with E-state index in [9.17, 15) is 13.2 Å². The minimum absolute atomic E-state index is 0.154. The lowest BCUT2D eigenvalue weighted by atomic mass is 10.1. The van der Waals surface area contributed by atoms with Crippen molar-refractivity contribution in [2.45, 2.75) is 39.7 Å². The van der Waals surface area contributed by atoms with Gasteiger partial charge in [0, 0.05) is 18.8 Å². The number of hydrogen-bond donors (Lipinski definition) is 1. The number of rotatable bonds is 9. The van der Waals surface area contributed by atoms with E-state index in [1.807, 2.05) is 24.3 Å². The highest BCUT2D eigenvalue weighted by atomic mass is 32.2. The molecule has 6 nitrogen and oxygen atoms in total. The fourth-order valence-corrected chi connectivity index (χ4v) is 3.18. The molecule has 0 aliphatic carbocycles. The summed E-state index contributed by atoms with van der Waals surface area (Å²) in [5, 5.41) is 2.97. The summed E-state index contributed by atoms with van der Waals surface area (Å²) >= 11 is 0. The smallest absolute Gasteiger partial charge is 0.322 e. The van der Waals surface area contributed by atoms with Crippen LogP contribution in [0.2, 0.25) is 0 Å². The maximum Gasteiger partial charge on any atom is 0.322 e. The number of amides is 2. The van der Waals surface area contributed by atoms with Crippen LogP contribution in [0.5, 0.6) is 5.75 Å². The molecule has 28 heavy (non-hydrogen) atoms. The lowest BCUT2D eigenvalue weighted by molar-refractivity contribution is 0.208. The normalized spacial score (nSPS) is 11.1. The first-order chi connectivity index (χ1) is 13.3. The van der Waals surface area contributed by atoms with Gasteiger partial charge in [0.25, 0.3) is 0 Å². The summed E-state index contributed by atoms with van der Waals surface area (Å²) in [5.41, 5.74) is 2.84. The number of urea groups is 1. The number of nitrogens with one attached hydrogen (secondary N) is 1. The van der Waals surface area contributed by atoms with Crippen molar-refractivity contribution in [3.63, 3.8) is 0 Å². The number of nitrogens with zero attached hydrogens (tertiary/aromatic N) is 1. The fraction of sp³-hybridized carbons (Fsp3) is 0.381. The van der Waals surface area contributed by atoms with Crippen LogP contribution in [-0.2, 0) is 23.1 Å². The van der Waals surface area contributed by atoms with Crippen LogP contribution in [0.1, 0.15) is 37.8 Å². The summed E-state index contributed by atoms with van der Waals surface area (Å²) < 4.78 is 27.3. The van der Waals surface area contributed by atoms with Gasteiger partial charge in [-0.25, -0.2) is 4.79 Å². The summed E-state index contributed by atoms with van der Waals surface area (Å²) in [4.78, 5) is 14.5. The lowest BCUT2D eigenvalue weighted by Gasteiger charge is -2.23. The molecule has 2 amide bonds. The number of anilines is 1. The second kappa shape index (κ2) is 10.1. The monoisotopic (exact) mass is 404 g/mol. The highest BCUT2D eigenvalue weighted by molar-refractivity contribution is 7.86. The van der Waals surface area contributed by atoms with E-state index in [0.717, 1.165) is 36.8 Å². The molecule has 0 saturated heterocycles. The Balaban J connectivity index is 2.08. The molecule has 0 atom stereocenters. The summed E-state index contributed by atoms with van der Waals surface area (Å²) in [6.45, 7) is 5.22. The first-order valence-corrected chi connectivity index (χ1v) is 11.3. The van der Waals surface area contributed by atoms with Crippen molar-refractivity contribution in [2.24, 2.45) is 0 Å². The molecule has 1 N–H and O–H groups in total. The highest BCUT2D eigenvalue weighted by Crippen LogP contribution is 2.17. The van der Waals surface area contributed by atoms with Crippen molar-refractivity contribution in [3.8, 4) is 5.75 Å². The maximum atomic E-state index is 12.8. The zero-order valence-corrected chi connectivity index (χ0v) is 17.5. The maximum absolute atomic E-state index is 12.8. The molecule has 0 saturated carbocycles. The van der Waals surface area contributed by atoms with E-state index in [1.165, 1.54) is 5.56 Å². The van der Waals surface area contributed by atoms with Gasteiger partial charge in [0.15, 0.2) is 0 Å². The molecule has 0 heterocycles. The van der Waals surface area contributed by atoms with Crippen LogP contribution in [0.3, 0.4) is 0 Å². The predicted molar refractivity (Wildman–Crippen MR) is 112 cm³/mol. The van der Waals surface area contributed by atoms with Crippen LogP contribution in [0.25, 0.3) is 0 Å². The molecular weight excluding hydrogens is 376 g/mol. The molecule has 7 heteroatoms. The van der Waals surface area contributed by atoms with Crippen LogP contribution in [0.15, 0.2) is 48.5 Å². The molecule has 2 aromatic carbocycles. The summed E-state index contributed by atoms with van der Waals surface area (Å²) in [7, 11) is -3.55. The molecule has 0 bridgehead atoms. The van der Waals surface area contributed by atoms with Gasteiger partial charge in [-0.15, -0.1) is 0 Å². The number of hydrogen-bond acceptors (Lipinski definition) is 4. The number of carbonyl (C=O) groups excluding carboxylic acids is 1. The Hall–Kier alpha value is -2.54. The van der Waals surface area contributed by atoms with Crippen molar-refractivity contribution in [2.75, 3.05) is 18.1 Å². The third-order valence-electron chi connectivity index (χ3n) is 4.20. The van der Waals surface area contributed by atoms with Gasteiger partial charge < -0.3 is 14.4 Å². The standard InChI is InChI=1S/C21H28N2O4S/c1-4-6-14-23(21(24)22-19-9-7-8-17(5-2)15-19)16-18-10-12-20(13-11-18)27-28(3,25)26/h7-13,15H,4-6,14,16H2,1-3H3,(H,22,24). The molecule has 0 unspecified atom stereocenters. The average molecular weight is 405 g/mol. The summed E-state index contributed by atoms with van der Waals surface area (Å²) in [6, 6.07) is 14.4. The molecule has 2 rings (SSSR count). The minimum Gasteiger partial charge on any atom is -0.383 e. The van der Waals surface area contributed by atoms with E-state index in [1.54, 1.807) is 29.2 Å². The van der Waals surface area contributed by atoms with E-state index in [0.29, 0.717) is 13.1 Å². The molecule has 0 aliphatic rings. The van der Waals surface area contributed by atoms with Gasteiger partial charge in [-0.05, 0) is 48.2 Å². The van der Waals surface area contributed by atoms with Crippen LogP contribution >= 0.6 is 0 Å². The van der Waals surface area contributed by atoms with Gasteiger partial charge in [0.05, 0.1) is 6.26 Å². The fourth-order valence-electron chi connectivity index (χ4n) is 2.72. The molecule has 0 spiro atoms. The zero-order valence-electron chi connectivity index (χ0n) is 16.6. The highest BCUT2D eigenvalue weighted by Gasteiger charge is 2.14.